The van der Waals surface area contributed by atoms with Crippen molar-refractivity contribution in [1.29, 1.82) is 0 Å². The molecule has 5 heteroatoms. The number of carbonyl (C=O) groups is 2. The average molecular weight is 574 g/mol. The highest BCUT2D eigenvalue weighted by Gasteiger charge is 2.17. The Hall–Kier alpha value is -1.98. The Kier molecular flexibility index (Phi) is 29.5. The topological polar surface area (TPSA) is 86.6 Å². The van der Waals surface area contributed by atoms with E-state index in [2.05, 4.69) is 37.4 Å². The number of allylic oxidation sites excluding steroid dienone is 7. The minimum absolute atomic E-state index is 0.115. The largest absolute Gasteiger partial charge is 0.394 e. The summed E-state index contributed by atoms with van der Waals surface area (Å²) in [5.41, 5.74) is 0. The Labute approximate surface area is 252 Å². The molecule has 0 spiro atoms. The van der Waals surface area contributed by atoms with Gasteiger partial charge in [-0.05, 0) is 63.9 Å². The van der Waals surface area contributed by atoms with E-state index in [1.165, 1.54) is 51.4 Å². The summed E-state index contributed by atoms with van der Waals surface area (Å²) in [6.45, 7) is 4.07. The molecule has 41 heavy (non-hydrogen) atoms. The minimum Gasteiger partial charge on any atom is -0.394 e. The Morgan fingerprint density at radius 2 is 1.20 bits per heavy atom. The quantitative estimate of drug-likeness (QED) is 0.0361. The standard InChI is InChI=1S/C36H63NO4/c1-3-5-7-8-9-10-11-12-13-16-19-22-26-30-35(40)34(32-38)37-36(41)31-27-23-20-17-14-15-18-21-25-29-33(39)28-24-6-4-2/h7-8,18,21,25-26,29-30,34-35,38,40H,3-6,9-17,19-20,22-24,27-28,31-32H2,1-2H3,(H,37,41)/b8-7-,21-18-,29-25+,30-26+/t34-,35+/m0/s1. The van der Waals surface area contributed by atoms with Crippen molar-refractivity contribution in [3.8, 4) is 0 Å². The number of hydrogen-bond donors (Lipinski definition) is 3. The number of aliphatic hydroxyl groups is 2. The van der Waals surface area contributed by atoms with Gasteiger partial charge in [-0.3, -0.25) is 9.59 Å². The molecule has 0 saturated carbocycles. The molecule has 0 aromatic heterocycles. The molecular formula is C36H63NO4. The van der Waals surface area contributed by atoms with Crippen LogP contribution in [0.5, 0.6) is 0 Å². The molecule has 3 N–H and O–H groups in total. The maximum absolute atomic E-state index is 12.3. The Balaban J connectivity index is 3.78. The third-order valence-electron chi connectivity index (χ3n) is 7.23. The second-order valence-electron chi connectivity index (χ2n) is 11.3. The van der Waals surface area contributed by atoms with Crippen LogP contribution in [-0.4, -0.2) is 40.7 Å². The van der Waals surface area contributed by atoms with Gasteiger partial charge in [0.15, 0.2) is 5.78 Å². The number of nitrogens with one attached hydrogen (secondary N) is 1. The van der Waals surface area contributed by atoms with Gasteiger partial charge in [-0.25, -0.2) is 0 Å². The van der Waals surface area contributed by atoms with Crippen LogP contribution in [0, 0.1) is 0 Å². The molecular weight excluding hydrogens is 510 g/mol. The molecule has 0 aliphatic heterocycles. The molecule has 5 nitrogen and oxygen atoms in total. The van der Waals surface area contributed by atoms with E-state index in [1.807, 2.05) is 18.2 Å². The summed E-state index contributed by atoms with van der Waals surface area (Å²) in [7, 11) is 0. The van der Waals surface area contributed by atoms with Crippen LogP contribution in [0.15, 0.2) is 48.6 Å². The molecule has 0 aromatic carbocycles. The van der Waals surface area contributed by atoms with Gasteiger partial charge in [0.1, 0.15) is 0 Å². The van der Waals surface area contributed by atoms with Crippen LogP contribution in [0.1, 0.15) is 149 Å². The van der Waals surface area contributed by atoms with Gasteiger partial charge in [-0.2, -0.15) is 0 Å². The van der Waals surface area contributed by atoms with Crippen LogP contribution >= 0.6 is 0 Å². The second kappa shape index (κ2) is 31.0. The SMILES string of the molecule is CCC/C=C\CCCCCCCC/C=C/[C@@H](O)[C@H](CO)NC(=O)CCCCCCC/C=C\C=C\C(=O)CCCCC. The molecule has 0 heterocycles. The van der Waals surface area contributed by atoms with E-state index in [0.29, 0.717) is 12.8 Å². The van der Waals surface area contributed by atoms with Crippen molar-refractivity contribution in [2.75, 3.05) is 6.61 Å². The third-order valence-corrected chi connectivity index (χ3v) is 7.23. The first kappa shape index (κ1) is 39.0. The van der Waals surface area contributed by atoms with Gasteiger partial charge in [0.25, 0.3) is 0 Å². The van der Waals surface area contributed by atoms with Crippen molar-refractivity contribution in [3.05, 3.63) is 48.6 Å². The van der Waals surface area contributed by atoms with Crippen LogP contribution in [0.2, 0.25) is 0 Å². The molecule has 0 bridgehead atoms. The molecule has 0 rings (SSSR count). The molecule has 0 aromatic rings. The third kappa shape index (κ3) is 27.9. The zero-order valence-electron chi connectivity index (χ0n) is 26.5. The van der Waals surface area contributed by atoms with E-state index in [0.717, 1.165) is 70.6 Å². The summed E-state index contributed by atoms with van der Waals surface area (Å²) in [5.74, 6) is 0.0909. The van der Waals surface area contributed by atoms with Crippen LogP contribution in [0.25, 0.3) is 0 Å². The molecule has 0 fully saturated rings. The fraction of sp³-hybridized carbons (Fsp3) is 0.722. The predicted octanol–water partition coefficient (Wildman–Crippen LogP) is 8.85. The first-order valence-corrected chi connectivity index (χ1v) is 16.8. The molecule has 2 atom stereocenters. The lowest BCUT2D eigenvalue weighted by Crippen LogP contribution is -2.45. The van der Waals surface area contributed by atoms with E-state index in [9.17, 15) is 19.8 Å². The highest BCUT2D eigenvalue weighted by atomic mass is 16.3. The predicted molar refractivity (Wildman–Crippen MR) is 175 cm³/mol. The normalized spacial score (nSPS) is 13.7. The van der Waals surface area contributed by atoms with Crippen LogP contribution in [-0.2, 0) is 9.59 Å². The van der Waals surface area contributed by atoms with Crippen molar-refractivity contribution < 1.29 is 19.8 Å². The van der Waals surface area contributed by atoms with Gasteiger partial charge in [-0.15, -0.1) is 0 Å². The number of hydrogen-bond acceptors (Lipinski definition) is 4. The van der Waals surface area contributed by atoms with Gasteiger partial charge in [-0.1, -0.05) is 121 Å². The Bertz CT molecular complexity index is 725. The number of ketones is 1. The lowest BCUT2D eigenvalue weighted by Gasteiger charge is -2.20. The average Bonchev–Trinajstić information content (AvgIpc) is 2.97. The van der Waals surface area contributed by atoms with Crippen molar-refractivity contribution in [2.24, 2.45) is 0 Å². The molecule has 0 aliphatic rings. The van der Waals surface area contributed by atoms with Crippen LogP contribution < -0.4 is 5.32 Å². The minimum atomic E-state index is -0.869. The lowest BCUT2D eigenvalue weighted by atomic mass is 10.1. The van der Waals surface area contributed by atoms with Crippen LogP contribution in [0.4, 0.5) is 0 Å². The summed E-state index contributed by atoms with van der Waals surface area (Å²) >= 11 is 0. The number of amides is 1. The fourth-order valence-corrected chi connectivity index (χ4v) is 4.57. The molecule has 0 radical (unpaired) electrons. The van der Waals surface area contributed by atoms with Crippen molar-refractivity contribution in [2.45, 2.75) is 161 Å². The highest BCUT2D eigenvalue weighted by molar-refractivity contribution is 5.89. The van der Waals surface area contributed by atoms with E-state index < -0.39 is 12.1 Å². The fourth-order valence-electron chi connectivity index (χ4n) is 4.57. The number of carbonyl (C=O) groups excluding carboxylic acids is 2. The van der Waals surface area contributed by atoms with Gasteiger partial charge >= 0.3 is 0 Å². The maximum Gasteiger partial charge on any atom is 0.220 e. The first-order chi connectivity index (χ1) is 20.0. The van der Waals surface area contributed by atoms with Crippen molar-refractivity contribution in [1.82, 2.24) is 5.32 Å². The Morgan fingerprint density at radius 3 is 1.83 bits per heavy atom. The number of aliphatic hydroxyl groups excluding tert-OH is 2. The zero-order chi connectivity index (χ0) is 30.2. The van der Waals surface area contributed by atoms with E-state index in [1.54, 1.807) is 12.2 Å². The lowest BCUT2D eigenvalue weighted by molar-refractivity contribution is -0.123. The molecule has 236 valence electrons. The summed E-state index contributed by atoms with van der Waals surface area (Å²) in [4.78, 5) is 23.9. The highest BCUT2D eigenvalue weighted by Crippen LogP contribution is 2.11. The molecule has 0 saturated heterocycles. The van der Waals surface area contributed by atoms with Gasteiger partial charge in [0.2, 0.25) is 5.91 Å². The molecule has 0 unspecified atom stereocenters. The van der Waals surface area contributed by atoms with Crippen molar-refractivity contribution >= 4 is 11.7 Å². The van der Waals surface area contributed by atoms with E-state index >= 15 is 0 Å². The zero-order valence-corrected chi connectivity index (χ0v) is 26.5. The maximum atomic E-state index is 12.3. The summed E-state index contributed by atoms with van der Waals surface area (Å²) in [5, 5.41) is 22.8. The summed E-state index contributed by atoms with van der Waals surface area (Å²) < 4.78 is 0. The number of rotatable bonds is 29. The first-order valence-electron chi connectivity index (χ1n) is 16.8. The van der Waals surface area contributed by atoms with Gasteiger partial charge in [0.05, 0.1) is 18.8 Å². The summed E-state index contributed by atoms with van der Waals surface area (Å²) in [6.07, 6.45) is 37.3. The van der Waals surface area contributed by atoms with E-state index in [4.69, 9.17) is 0 Å². The second-order valence-corrected chi connectivity index (χ2v) is 11.3. The molecule has 1 amide bonds. The van der Waals surface area contributed by atoms with Crippen molar-refractivity contribution in [3.63, 3.8) is 0 Å². The summed E-state index contributed by atoms with van der Waals surface area (Å²) in [6, 6.07) is -0.655. The molecule has 0 aliphatic carbocycles. The number of unbranched alkanes of at least 4 members (excludes halogenated alkanes) is 15. The Morgan fingerprint density at radius 1 is 0.634 bits per heavy atom. The smallest absolute Gasteiger partial charge is 0.220 e. The van der Waals surface area contributed by atoms with Crippen LogP contribution in [0.3, 0.4) is 0 Å². The monoisotopic (exact) mass is 573 g/mol. The van der Waals surface area contributed by atoms with Gasteiger partial charge < -0.3 is 15.5 Å². The van der Waals surface area contributed by atoms with E-state index in [-0.39, 0.29) is 18.3 Å². The van der Waals surface area contributed by atoms with Gasteiger partial charge in [0, 0.05) is 12.8 Å².